The van der Waals surface area contributed by atoms with E-state index < -0.39 is 29.2 Å². The van der Waals surface area contributed by atoms with E-state index in [-0.39, 0.29) is 5.69 Å². The summed E-state index contributed by atoms with van der Waals surface area (Å²) in [5.74, 6) is -0.678. The first kappa shape index (κ1) is 18.9. The van der Waals surface area contributed by atoms with Crippen LogP contribution in [0.1, 0.15) is 47.2 Å². The molecule has 0 N–H and O–H groups in total. The molecule has 6 nitrogen and oxygen atoms in total. The van der Waals surface area contributed by atoms with Gasteiger partial charge < -0.3 is 9.47 Å². The van der Waals surface area contributed by atoms with E-state index in [1.807, 2.05) is 0 Å². The number of hydrogen-bond acceptors (Lipinski definition) is 5. The van der Waals surface area contributed by atoms with Crippen LogP contribution < -0.4 is 4.90 Å². The van der Waals surface area contributed by atoms with Gasteiger partial charge in [-0.25, -0.2) is 14.0 Å². The standard InChI is InChI=1S/C16H23FN2O4/c1-10-12(8-11(17)9-18-10)19(13(20)22-15(2,3)4)14(21)23-16(5,6)7/h8-9H,1-7H3. The third kappa shape index (κ3) is 5.84. The molecule has 0 aliphatic rings. The Hall–Kier alpha value is -2.18. The highest BCUT2D eigenvalue weighted by Gasteiger charge is 2.34. The fraction of sp³-hybridized carbons (Fsp3) is 0.562. The second kappa shape index (κ2) is 6.52. The monoisotopic (exact) mass is 326 g/mol. The van der Waals surface area contributed by atoms with Crippen molar-refractivity contribution in [3.63, 3.8) is 0 Å². The summed E-state index contributed by atoms with van der Waals surface area (Å²) in [5, 5.41) is 0. The van der Waals surface area contributed by atoms with Crippen LogP contribution in [0, 0.1) is 12.7 Å². The Labute approximate surface area is 135 Å². The van der Waals surface area contributed by atoms with Crippen LogP contribution in [0.15, 0.2) is 12.3 Å². The molecule has 0 aliphatic heterocycles. The number of imide groups is 1. The molecule has 0 spiro atoms. The molecule has 1 aromatic heterocycles. The molecule has 1 heterocycles. The van der Waals surface area contributed by atoms with Crippen molar-refractivity contribution < 1.29 is 23.5 Å². The van der Waals surface area contributed by atoms with Gasteiger partial charge in [-0.15, -0.1) is 0 Å². The number of pyridine rings is 1. The van der Waals surface area contributed by atoms with Gasteiger partial charge in [0.05, 0.1) is 17.6 Å². The van der Waals surface area contributed by atoms with Crippen molar-refractivity contribution in [2.24, 2.45) is 0 Å². The third-order valence-electron chi connectivity index (χ3n) is 2.42. The zero-order valence-electron chi connectivity index (χ0n) is 14.6. The molecule has 0 aromatic carbocycles. The lowest BCUT2D eigenvalue weighted by Crippen LogP contribution is -2.44. The van der Waals surface area contributed by atoms with E-state index in [0.29, 0.717) is 10.6 Å². The Bertz CT molecular complexity index is 575. The van der Waals surface area contributed by atoms with Gasteiger partial charge in [-0.2, -0.15) is 4.90 Å². The molecule has 0 unspecified atom stereocenters. The van der Waals surface area contributed by atoms with Crippen molar-refractivity contribution in [2.45, 2.75) is 59.7 Å². The van der Waals surface area contributed by atoms with E-state index in [2.05, 4.69) is 4.98 Å². The quantitative estimate of drug-likeness (QED) is 0.773. The summed E-state index contributed by atoms with van der Waals surface area (Å²) < 4.78 is 24.0. The molecule has 1 rings (SSSR count). The molecule has 2 amide bonds. The molecule has 128 valence electrons. The second-order valence-electron chi connectivity index (χ2n) is 7.05. The smallest absolute Gasteiger partial charge is 0.424 e. The van der Waals surface area contributed by atoms with Crippen LogP contribution in [0.5, 0.6) is 0 Å². The maximum atomic E-state index is 13.5. The number of hydrogen-bond donors (Lipinski definition) is 0. The number of nitrogens with zero attached hydrogens (tertiary/aromatic N) is 2. The molecule has 0 aliphatic carbocycles. The number of amides is 2. The van der Waals surface area contributed by atoms with Gasteiger partial charge in [0.15, 0.2) is 0 Å². The summed E-state index contributed by atoms with van der Waals surface area (Å²) in [7, 11) is 0. The molecule has 0 bridgehead atoms. The molecule has 0 fully saturated rings. The van der Waals surface area contributed by atoms with Gasteiger partial charge in [-0.05, 0) is 48.5 Å². The van der Waals surface area contributed by atoms with Gasteiger partial charge in [0.25, 0.3) is 0 Å². The van der Waals surface area contributed by atoms with E-state index in [0.717, 1.165) is 12.3 Å². The predicted octanol–water partition coefficient (Wildman–Crippen LogP) is 4.21. The van der Waals surface area contributed by atoms with Crippen LogP contribution >= 0.6 is 0 Å². The zero-order chi connectivity index (χ0) is 18.0. The molecule has 0 saturated carbocycles. The van der Waals surface area contributed by atoms with Crippen LogP contribution in [0.4, 0.5) is 19.7 Å². The minimum Gasteiger partial charge on any atom is -0.443 e. The van der Waals surface area contributed by atoms with E-state index in [9.17, 15) is 14.0 Å². The van der Waals surface area contributed by atoms with Gasteiger partial charge in [0.2, 0.25) is 0 Å². The summed E-state index contributed by atoms with van der Waals surface area (Å²) in [6.07, 6.45) is -0.911. The summed E-state index contributed by atoms with van der Waals surface area (Å²) in [6.45, 7) is 11.5. The van der Waals surface area contributed by atoms with E-state index >= 15 is 0 Å². The van der Waals surface area contributed by atoms with Crippen molar-refractivity contribution in [3.05, 3.63) is 23.8 Å². The number of anilines is 1. The molecule has 0 saturated heterocycles. The van der Waals surface area contributed by atoms with Crippen LogP contribution in [0.3, 0.4) is 0 Å². The molecule has 0 radical (unpaired) electrons. The SMILES string of the molecule is Cc1ncc(F)cc1N(C(=O)OC(C)(C)C)C(=O)OC(C)(C)C. The van der Waals surface area contributed by atoms with E-state index in [1.54, 1.807) is 48.5 Å². The van der Waals surface area contributed by atoms with Crippen LogP contribution in [-0.2, 0) is 9.47 Å². The fourth-order valence-electron chi connectivity index (χ4n) is 1.61. The fourth-order valence-corrected chi connectivity index (χ4v) is 1.61. The van der Waals surface area contributed by atoms with Crippen molar-refractivity contribution in [1.82, 2.24) is 4.98 Å². The average molecular weight is 326 g/mol. The number of ether oxygens (including phenoxy) is 2. The largest absolute Gasteiger partial charge is 0.443 e. The normalized spacial score (nSPS) is 11.8. The number of aromatic nitrogens is 1. The maximum absolute atomic E-state index is 13.5. The van der Waals surface area contributed by atoms with Crippen molar-refractivity contribution >= 4 is 17.9 Å². The summed E-state index contributed by atoms with van der Waals surface area (Å²) in [4.78, 5) is 29.3. The first-order valence-electron chi connectivity index (χ1n) is 7.18. The lowest BCUT2D eigenvalue weighted by Gasteiger charge is -2.29. The lowest BCUT2D eigenvalue weighted by atomic mass is 10.2. The number of rotatable bonds is 1. The van der Waals surface area contributed by atoms with Crippen LogP contribution in [0.25, 0.3) is 0 Å². The van der Waals surface area contributed by atoms with Gasteiger partial charge in [0.1, 0.15) is 17.0 Å². The van der Waals surface area contributed by atoms with Crippen molar-refractivity contribution in [2.75, 3.05) is 4.90 Å². The number of carbonyl (C=O) groups excluding carboxylic acids is 2. The lowest BCUT2D eigenvalue weighted by molar-refractivity contribution is 0.0430. The Morgan fingerprint density at radius 3 is 1.87 bits per heavy atom. The molecule has 23 heavy (non-hydrogen) atoms. The number of aryl methyl sites for hydroxylation is 1. The minimum absolute atomic E-state index is 0.0199. The van der Waals surface area contributed by atoms with Crippen molar-refractivity contribution in [1.29, 1.82) is 0 Å². The molecule has 7 heteroatoms. The maximum Gasteiger partial charge on any atom is 0.424 e. The average Bonchev–Trinajstić information content (AvgIpc) is 2.29. The van der Waals surface area contributed by atoms with Gasteiger partial charge in [0, 0.05) is 6.07 Å². The Balaban J connectivity index is 3.28. The summed E-state index contributed by atoms with van der Waals surface area (Å²) in [5.41, 5.74) is -1.38. The van der Waals surface area contributed by atoms with E-state index in [1.165, 1.54) is 0 Å². The minimum atomic E-state index is -0.956. The number of carbonyl (C=O) groups is 2. The first-order chi connectivity index (χ1) is 10.3. The Morgan fingerprint density at radius 2 is 1.48 bits per heavy atom. The zero-order valence-corrected chi connectivity index (χ0v) is 14.6. The molecule has 0 atom stereocenters. The van der Waals surface area contributed by atoms with E-state index in [4.69, 9.17) is 9.47 Å². The van der Waals surface area contributed by atoms with Gasteiger partial charge in [-0.1, -0.05) is 0 Å². The van der Waals surface area contributed by atoms with Crippen LogP contribution in [-0.4, -0.2) is 28.4 Å². The molecular formula is C16H23FN2O4. The first-order valence-corrected chi connectivity index (χ1v) is 7.18. The molecular weight excluding hydrogens is 303 g/mol. The third-order valence-corrected chi connectivity index (χ3v) is 2.42. The van der Waals surface area contributed by atoms with Crippen molar-refractivity contribution in [3.8, 4) is 0 Å². The Kier molecular flexibility index (Phi) is 5.35. The van der Waals surface area contributed by atoms with Crippen LogP contribution in [0.2, 0.25) is 0 Å². The van der Waals surface area contributed by atoms with Gasteiger partial charge >= 0.3 is 12.2 Å². The molecule has 1 aromatic rings. The highest BCUT2D eigenvalue weighted by atomic mass is 19.1. The Morgan fingerprint density at radius 1 is 1.04 bits per heavy atom. The second-order valence-corrected chi connectivity index (χ2v) is 7.05. The number of halogens is 1. The summed E-state index contributed by atoms with van der Waals surface area (Å²) in [6, 6.07) is 1.04. The topological polar surface area (TPSA) is 68.7 Å². The summed E-state index contributed by atoms with van der Waals surface area (Å²) >= 11 is 0. The highest BCUT2D eigenvalue weighted by molar-refractivity contribution is 6.09. The highest BCUT2D eigenvalue weighted by Crippen LogP contribution is 2.24. The van der Waals surface area contributed by atoms with Gasteiger partial charge in [-0.3, -0.25) is 4.98 Å². The predicted molar refractivity (Wildman–Crippen MR) is 83.9 cm³/mol.